The molecule has 0 atom stereocenters. The number of anilines is 1. The van der Waals surface area contributed by atoms with Gasteiger partial charge in [0.1, 0.15) is 10.1 Å². The van der Waals surface area contributed by atoms with E-state index in [1.807, 2.05) is 31.2 Å². The monoisotopic (exact) mass is 512 g/mol. The molecule has 0 aromatic heterocycles. The summed E-state index contributed by atoms with van der Waals surface area (Å²) in [5, 5.41) is 2.90. The normalized spacial score (nSPS) is 14.3. The highest BCUT2D eigenvalue weighted by molar-refractivity contribution is 8.26. The molecule has 9 heteroatoms. The lowest BCUT2D eigenvalue weighted by Gasteiger charge is -2.14. The van der Waals surface area contributed by atoms with Gasteiger partial charge in [-0.05, 0) is 55.7 Å². The Hall–Kier alpha value is -3.17. The molecular weight excluding hydrogens is 484 g/mol. The molecule has 0 spiro atoms. The first-order valence-electron chi connectivity index (χ1n) is 11.4. The Kier molecular flexibility index (Phi) is 9.86. The summed E-state index contributed by atoms with van der Waals surface area (Å²) in [6.45, 7) is 2.94. The number of rotatable bonds is 11. The molecule has 1 aliphatic rings. The molecular formula is C26H28N2O5S2. The first kappa shape index (κ1) is 26.4. The van der Waals surface area contributed by atoms with Crippen molar-refractivity contribution < 1.29 is 23.9 Å². The number of thioether (sulfide) groups is 1. The molecule has 1 N–H and O–H groups in total. The Morgan fingerprint density at radius 2 is 1.83 bits per heavy atom. The van der Waals surface area contributed by atoms with E-state index in [-0.39, 0.29) is 11.8 Å². The number of para-hydroxylation sites is 2. The molecule has 184 valence electrons. The van der Waals surface area contributed by atoms with Crippen LogP contribution in [0.5, 0.6) is 5.75 Å². The zero-order valence-corrected chi connectivity index (χ0v) is 21.4. The van der Waals surface area contributed by atoms with Crippen molar-refractivity contribution in [2.24, 2.45) is 0 Å². The Labute approximate surface area is 214 Å². The largest absolute Gasteiger partial charge is 0.492 e. The van der Waals surface area contributed by atoms with Crippen LogP contribution in [0.4, 0.5) is 5.69 Å². The predicted octanol–water partition coefficient (Wildman–Crippen LogP) is 5.27. The lowest BCUT2D eigenvalue weighted by Crippen LogP contribution is -2.29. The van der Waals surface area contributed by atoms with Crippen molar-refractivity contribution in [3.8, 4) is 5.75 Å². The number of unbranched alkanes of at least 4 members (excludes halogenated alkanes) is 2. The van der Waals surface area contributed by atoms with Gasteiger partial charge < -0.3 is 14.8 Å². The van der Waals surface area contributed by atoms with Crippen LogP contribution in [-0.2, 0) is 14.3 Å². The number of esters is 1. The molecule has 35 heavy (non-hydrogen) atoms. The topological polar surface area (TPSA) is 84.9 Å². The van der Waals surface area contributed by atoms with Gasteiger partial charge in [0.2, 0.25) is 5.91 Å². The van der Waals surface area contributed by atoms with Gasteiger partial charge in [0.25, 0.3) is 5.91 Å². The van der Waals surface area contributed by atoms with Gasteiger partial charge in [-0.15, -0.1) is 0 Å². The summed E-state index contributed by atoms with van der Waals surface area (Å²) in [4.78, 5) is 38.8. The van der Waals surface area contributed by atoms with Gasteiger partial charge in [-0.3, -0.25) is 14.5 Å². The molecule has 0 bridgehead atoms. The van der Waals surface area contributed by atoms with Crippen molar-refractivity contribution in [3.63, 3.8) is 0 Å². The van der Waals surface area contributed by atoms with Crippen LogP contribution in [0.1, 0.15) is 48.5 Å². The fraction of sp³-hybridized carbons (Fsp3) is 0.308. The highest BCUT2D eigenvalue weighted by Crippen LogP contribution is 2.33. The van der Waals surface area contributed by atoms with Crippen LogP contribution < -0.4 is 10.1 Å². The van der Waals surface area contributed by atoms with E-state index in [1.54, 1.807) is 35.2 Å². The summed E-state index contributed by atoms with van der Waals surface area (Å²) in [6, 6.07) is 14.2. The van der Waals surface area contributed by atoms with Gasteiger partial charge in [0, 0.05) is 13.0 Å². The maximum absolute atomic E-state index is 12.8. The fourth-order valence-electron chi connectivity index (χ4n) is 3.47. The van der Waals surface area contributed by atoms with Crippen molar-refractivity contribution >= 4 is 57.8 Å². The smallest absolute Gasteiger partial charge is 0.337 e. The van der Waals surface area contributed by atoms with Crippen LogP contribution in [0.15, 0.2) is 53.4 Å². The van der Waals surface area contributed by atoms with Crippen molar-refractivity contribution in [2.75, 3.05) is 25.6 Å². The molecule has 2 aromatic rings. The van der Waals surface area contributed by atoms with Crippen molar-refractivity contribution in [1.29, 1.82) is 0 Å². The van der Waals surface area contributed by atoms with E-state index < -0.39 is 5.97 Å². The second-order valence-electron chi connectivity index (χ2n) is 7.73. The SMILES string of the molecule is CCOc1ccccc1NC(=O)CCCCCN1C(=O)/C(=C/c2ccc(C(=O)OC)cc2)SC1=S. The summed E-state index contributed by atoms with van der Waals surface area (Å²) < 4.78 is 10.8. The number of nitrogens with zero attached hydrogens (tertiary/aromatic N) is 1. The van der Waals surface area contributed by atoms with Crippen LogP contribution in [0, 0.1) is 0 Å². The Morgan fingerprint density at radius 1 is 1.09 bits per heavy atom. The molecule has 1 saturated heterocycles. The third-order valence-corrected chi connectivity index (χ3v) is 6.63. The first-order chi connectivity index (χ1) is 16.9. The second-order valence-corrected chi connectivity index (χ2v) is 9.41. The number of amides is 2. The number of benzene rings is 2. The highest BCUT2D eigenvalue weighted by atomic mass is 32.2. The standard InChI is InChI=1S/C26H28N2O5S2/c1-3-33-21-10-7-6-9-20(21)27-23(29)11-5-4-8-16-28-24(30)22(35-26(28)34)17-18-12-14-19(15-13-18)25(31)32-2/h6-7,9-10,12-15,17H,3-5,8,11,16H2,1-2H3,(H,27,29)/b22-17-. The number of hydrogen-bond donors (Lipinski definition) is 1. The summed E-state index contributed by atoms with van der Waals surface area (Å²) >= 11 is 6.67. The molecule has 0 aliphatic carbocycles. The summed E-state index contributed by atoms with van der Waals surface area (Å²) in [5.74, 6) is 0.0621. The number of carbonyl (C=O) groups excluding carboxylic acids is 3. The molecule has 1 aliphatic heterocycles. The van der Waals surface area contributed by atoms with E-state index in [0.717, 1.165) is 18.4 Å². The average Bonchev–Trinajstić information content (AvgIpc) is 3.12. The number of carbonyl (C=O) groups is 3. The van der Waals surface area contributed by atoms with E-state index >= 15 is 0 Å². The maximum atomic E-state index is 12.8. The van der Waals surface area contributed by atoms with Gasteiger partial charge >= 0.3 is 5.97 Å². The molecule has 1 fully saturated rings. The van der Waals surface area contributed by atoms with E-state index in [2.05, 4.69) is 5.32 Å². The minimum Gasteiger partial charge on any atom is -0.492 e. The quantitative estimate of drug-likeness (QED) is 0.190. The molecule has 1 heterocycles. The van der Waals surface area contributed by atoms with E-state index in [1.165, 1.54) is 18.9 Å². The predicted molar refractivity (Wildman–Crippen MR) is 142 cm³/mol. The number of hydrogen-bond acceptors (Lipinski definition) is 7. The zero-order chi connectivity index (χ0) is 25.2. The van der Waals surface area contributed by atoms with Crippen LogP contribution >= 0.6 is 24.0 Å². The Bertz CT molecular complexity index is 1110. The van der Waals surface area contributed by atoms with E-state index in [4.69, 9.17) is 21.7 Å². The molecule has 2 aromatic carbocycles. The van der Waals surface area contributed by atoms with Crippen LogP contribution in [-0.4, -0.2) is 47.3 Å². The van der Waals surface area contributed by atoms with E-state index in [9.17, 15) is 14.4 Å². The molecule has 0 unspecified atom stereocenters. The lowest BCUT2D eigenvalue weighted by atomic mass is 10.1. The second kappa shape index (κ2) is 13.1. The number of thiocarbonyl (C=S) groups is 1. The number of methoxy groups -OCH3 is 1. The average molecular weight is 513 g/mol. The van der Waals surface area contributed by atoms with E-state index in [0.29, 0.717) is 52.2 Å². The van der Waals surface area contributed by atoms with Crippen LogP contribution in [0.2, 0.25) is 0 Å². The maximum Gasteiger partial charge on any atom is 0.337 e. The van der Waals surface area contributed by atoms with Crippen molar-refractivity contribution in [2.45, 2.75) is 32.6 Å². The minimum absolute atomic E-state index is 0.0658. The molecule has 2 amide bonds. The fourth-order valence-corrected chi connectivity index (χ4v) is 4.78. The van der Waals surface area contributed by atoms with Crippen LogP contribution in [0.3, 0.4) is 0 Å². The third-order valence-electron chi connectivity index (χ3n) is 5.25. The van der Waals surface area contributed by atoms with Gasteiger partial charge in [0.15, 0.2) is 0 Å². The highest BCUT2D eigenvalue weighted by Gasteiger charge is 2.31. The summed E-state index contributed by atoms with van der Waals surface area (Å²) in [6.07, 6.45) is 4.41. The molecule has 0 saturated carbocycles. The molecule has 0 radical (unpaired) electrons. The minimum atomic E-state index is -0.407. The lowest BCUT2D eigenvalue weighted by molar-refractivity contribution is -0.122. The van der Waals surface area contributed by atoms with Crippen molar-refractivity contribution in [3.05, 3.63) is 64.6 Å². The van der Waals surface area contributed by atoms with Crippen molar-refractivity contribution in [1.82, 2.24) is 4.90 Å². The number of nitrogens with one attached hydrogen (secondary N) is 1. The summed E-state index contributed by atoms with van der Waals surface area (Å²) in [5.41, 5.74) is 1.92. The molecule has 3 rings (SSSR count). The van der Waals surface area contributed by atoms with Gasteiger partial charge in [0.05, 0.1) is 29.9 Å². The Morgan fingerprint density at radius 3 is 2.54 bits per heavy atom. The number of ether oxygens (including phenoxy) is 2. The van der Waals surface area contributed by atoms with Gasteiger partial charge in [-0.25, -0.2) is 4.79 Å². The third kappa shape index (κ3) is 7.40. The van der Waals surface area contributed by atoms with Gasteiger partial charge in [-0.2, -0.15) is 0 Å². The zero-order valence-electron chi connectivity index (χ0n) is 19.7. The molecule has 7 nitrogen and oxygen atoms in total. The Balaban J connectivity index is 1.44. The van der Waals surface area contributed by atoms with Crippen LogP contribution in [0.25, 0.3) is 6.08 Å². The first-order valence-corrected chi connectivity index (χ1v) is 12.6. The van der Waals surface area contributed by atoms with Gasteiger partial charge in [-0.1, -0.05) is 54.7 Å². The summed E-state index contributed by atoms with van der Waals surface area (Å²) in [7, 11) is 1.33.